The van der Waals surface area contributed by atoms with Gasteiger partial charge in [0, 0.05) is 19.0 Å². The Kier molecular flexibility index (Phi) is 3.19. The summed E-state index contributed by atoms with van der Waals surface area (Å²) in [5, 5.41) is 19.2. The minimum Gasteiger partial charge on any atom is -0.493 e. The van der Waals surface area contributed by atoms with Crippen molar-refractivity contribution in [2.45, 2.75) is 11.6 Å². The van der Waals surface area contributed by atoms with Gasteiger partial charge in [0.15, 0.2) is 5.16 Å². The van der Waals surface area contributed by atoms with Gasteiger partial charge < -0.3 is 14.8 Å². The van der Waals surface area contributed by atoms with Crippen molar-refractivity contribution >= 4 is 28.8 Å². The number of aromatic hydroxyl groups is 1. The zero-order valence-electron chi connectivity index (χ0n) is 9.12. The average Bonchev–Trinajstić information content (AvgIpc) is 2.61. The summed E-state index contributed by atoms with van der Waals surface area (Å²) in [6.07, 6.45) is 1.82. The van der Waals surface area contributed by atoms with Crippen LogP contribution in [0.25, 0.3) is 11.0 Å². The number of aromatic nitrogens is 3. The number of carbonyl (C=O) groups is 1. The zero-order valence-corrected chi connectivity index (χ0v) is 9.94. The predicted molar refractivity (Wildman–Crippen MR) is 63.2 cm³/mol. The van der Waals surface area contributed by atoms with Gasteiger partial charge in [-0.3, -0.25) is 4.79 Å². The first-order valence-electron chi connectivity index (χ1n) is 4.94. The molecule has 2 aromatic rings. The van der Waals surface area contributed by atoms with E-state index in [0.717, 1.165) is 0 Å². The second-order valence-electron chi connectivity index (χ2n) is 3.49. The predicted octanol–water partition coefficient (Wildman–Crippen LogP) is 1.24. The van der Waals surface area contributed by atoms with E-state index in [-0.39, 0.29) is 12.3 Å². The highest BCUT2D eigenvalue weighted by Crippen LogP contribution is 2.25. The molecule has 0 atom stereocenters. The Morgan fingerprint density at radius 2 is 2.29 bits per heavy atom. The Morgan fingerprint density at radius 1 is 1.53 bits per heavy atom. The summed E-state index contributed by atoms with van der Waals surface area (Å²) in [5.41, 5.74) is 0.635. The monoisotopic (exact) mass is 253 g/mol. The molecular weight excluding hydrogens is 242 g/mol. The minimum absolute atomic E-state index is 0.0416. The van der Waals surface area contributed by atoms with E-state index in [1.807, 2.05) is 7.05 Å². The van der Waals surface area contributed by atoms with Crippen molar-refractivity contribution in [1.82, 2.24) is 14.5 Å². The van der Waals surface area contributed by atoms with E-state index < -0.39 is 5.97 Å². The molecule has 6 nitrogen and oxygen atoms in total. The third kappa shape index (κ3) is 2.50. The quantitative estimate of drug-likeness (QED) is 0.629. The van der Waals surface area contributed by atoms with Crippen LogP contribution in [0, 0.1) is 0 Å². The van der Waals surface area contributed by atoms with Gasteiger partial charge in [0.25, 0.3) is 0 Å². The molecule has 0 fully saturated rings. The van der Waals surface area contributed by atoms with Gasteiger partial charge in [0.05, 0.1) is 11.8 Å². The number of hydrogen-bond acceptors (Lipinski definition) is 5. The summed E-state index contributed by atoms with van der Waals surface area (Å²) in [4.78, 5) is 18.5. The molecule has 2 rings (SSSR count). The molecule has 0 unspecified atom stereocenters. The first kappa shape index (κ1) is 11.7. The van der Waals surface area contributed by atoms with E-state index in [1.165, 1.54) is 11.8 Å². The Bertz CT molecular complexity index is 567. The van der Waals surface area contributed by atoms with E-state index in [0.29, 0.717) is 21.9 Å². The highest BCUT2D eigenvalue weighted by molar-refractivity contribution is 7.99. The van der Waals surface area contributed by atoms with Crippen LogP contribution in [0.5, 0.6) is 5.88 Å². The fraction of sp³-hybridized carbons (Fsp3) is 0.300. The second kappa shape index (κ2) is 4.62. The topological polar surface area (TPSA) is 88.2 Å². The second-order valence-corrected chi connectivity index (χ2v) is 4.55. The number of carboxylic acids is 1. The molecule has 2 heterocycles. The molecule has 0 aliphatic heterocycles. The first-order valence-corrected chi connectivity index (χ1v) is 5.93. The van der Waals surface area contributed by atoms with E-state index in [9.17, 15) is 9.90 Å². The summed E-state index contributed by atoms with van der Waals surface area (Å²) >= 11 is 1.21. The molecule has 2 aromatic heterocycles. The summed E-state index contributed by atoms with van der Waals surface area (Å²) in [6.45, 7) is 0. The maximum Gasteiger partial charge on any atom is 0.304 e. The Morgan fingerprint density at radius 3 is 3.00 bits per heavy atom. The van der Waals surface area contributed by atoms with Gasteiger partial charge in [0.1, 0.15) is 5.65 Å². The molecule has 0 amide bonds. The van der Waals surface area contributed by atoms with Crippen LogP contribution in [0.1, 0.15) is 6.42 Å². The van der Waals surface area contributed by atoms with Crippen LogP contribution < -0.4 is 0 Å². The Labute approximate surface area is 101 Å². The molecule has 0 bridgehead atoms. The van der Waals surface area contributed by atoms with Crippen molar-refractivity contribution in [3.05, 3.63) is 12.3 Å². The maximum absolute atomic E-state index is 10.4. The highest BCUT2D eigenvalue weighted by atomic mass is 32.2. The SMILES string of the molecule is Cn1ccc2c(O)nc(SCCC(=O)O)nc21. The summed E-state index contributed by atoms with van der Waals surface area (Å²) in [7, 11) is 1.82. The lowest BCUT2D eigenvalue weighted by Gasteiger charge is -2.02. The van der Waals surface area contributed by atoms with Gasteiger partial charge in [-0.2, -0.15) is 4.98 Å². The summed E-state index contributed by atoms with van der Waals surface area (Å²) < 4.78 is 1.78. The van der Waals surface area contributed by atoms with Crippen LogP contribution in [-0.2, 0) is 11.8 Å². The molecule has 7 heteroatoms. The van der Waals surface area contributed by atoms with E-state index >= 15 is 0 Å². The molecule has 0 aromatic carbocycles. The van der Waals surface area contributed by atoms with Crippen LogP contribution in [0.3, 0.4) is 0 Å². The number of hydrogen-bond donors (Lipinski definition) is 2. The van der Waals surface area contributed by atoms with Crippen molar-refractivity contribution in [2.75, 3.05) is 5.75 Å². The number of rotatable bonds is 4. The van der Waals surface area contributed by atoms with Gasteiger partial charge in [0.2, 0.25) is 5.88 Å². The van der Waals surface area contributed by atoms with Gasteiger partial charge in [-0.15, -0.1) is 0 Å². The van der Waals surface area contributed by atoms with E-state index in [4.69, 9.17) is 5.11 Å². The van der Waals surface area contributed by atoms with E-state index in [1.54, 1.807) is 16.8 Å². The molecule has 0 aliphatic carbocycles. The average molecular weight is 253 g/mol. The van der Waals surface area contributed by atoms with Crippen LogP contribution in [0.2, 0.25) is 0 Å². The van der Waals surface area contributed by atoms with Crippen molar-refractivity contribution < 1.29 is 15.0 Å². The molecule has 0 spiro atoms. The van der Waals surface area contributed by atoms with Crippen molar-refractivity contribution in [2.24, 2.45) is 7.05 Å². The van der Waals surface area contributed by atoms with Crippen molar-refractivity contribution in [3.8, 4) is 5.88 Å². The molecule has 0 aliphatic rings. The largest absolute Gasteiger partial charge is 0.493 e. The molecule has 0 saturated carbocycles. The maximum atomic E-state index is 10.4. The van der Waals surface area contributed by atoms with E-state index in [2.05, 4.69) is 9.97 Å². The summed E-state index contributed by atoms with van der Waals surface area (Å²) in [5.74, 6) is -0.555. The third-order valence-corrected chi connectivity index (χ3v) is 3.08. The summed E-state index contributed by atoms with van der Waals surface area (Å²) in [6, 6.07) is 1.73. The number of aliphatic carboxylic acids is 1. The lowest BCUT2D eigenvalue weighted by Crippen LogP contribution is -1.98. The van der Waals surface area contributed by atoms with Gasteiger partial charge in [-0.25, -0.2) is 4.98 Å². The van der Waals surface area contributed by atoms with Gasteiger partial charge in [-0.05, 0) is 6.07 Å². The Hall–Kier alpha value is -1.76. The lowest BCUT2D eigenvalue weighted by molar-refractivity contribution is -0.136. The molecule has 0 radical (unpaired) electrons. The number of fused-ring (bicyclic) bond motifs is 1. The fourth-order valence-corrected chi connectivity index (χ4v) is 2.16. The molecular formula is C10H11N3O3S. The fourth-order valence-electron chi connectivity index (χ4n) is 1.40. The molecule has 0 saturated heterocycles. The van der Waals surface area contributed by atoms with Crippen molar-refractivity contribution in [3.63, 3.8) is 0 Å². The van der Waals surface area contributed by atoms with Gasteiger partial charge >= 0.3 is 5.97 Å². The zero-order chi connectivity index (χ0) is 12.4. The van der Waals surface area contributed by atoms with Crippen molar-refractivity contribution in [1.29, 1.82) is 0 Å². The minimum atomic E-state index is -0.860. The number of nitrogens with zero attached hydrogens (tertiary/aromatic N) is 3. The van der Waals surface area contributed by atoms with Gasteiger partial charge in [-0.1, -0.05) is 11.8 Å². The normalized spacial score (nSPS) is 10.9. The number of thioether (sulfide) groups is 1. The van der Waals surface area contributed by atoms with Crippen LogP contribution in [-0.4, -0.2) is 36.5 Å². The highest BCUT2D eigenvalue weighted by Gasteiger charge is 2.10. The molecule has 17 heavy (non-hydrogen) atoms. The number of aryl methyl sites for hydroxylation is 1. The smallest absolute Gasteiger partial charge is 0.304 e. The van der Waals surface area contributed by atoms with Crippen LogP contribution in [0.15, 0.2) is 17.4 Å². The number of carboxylic acid groups (broad SMARTS) is 1. The molecule has 2 N–H and O–H groups in total. The lowest BCUT2D eigenvalue weighted by atomic mass is 10.4. The molecule has 90 valence electrons. The van der Waals surface area contributed by atoms with Crippen LogP contribution in [0.4, 0.5) is 0 Å². The third-order valence-electron chi connectivity index (χ3n) is 2.23. The Balaban J connectivity index is 2.23. The van der Waals surface area contributed by atoms with Crippen LogP contribution >= 0.6 is 11.8 Å². The first-order chi connectivity index (χ1) is 8.08. The standard InChI is InChI=1S/C10H11N3O3S/c1-13-4-2-6-8(13)11-10(12-9(6)16)17-5-3-7(14)15/h2,4H,3,5H2,1H3,(H,14,15)(H,11,12,16).